The van der Waals surface area contributed by atoms with E-state index in [1.807, 2.05) is 13.1 Å². The fourth-order valence-electron chi connectivity index (χ4n) is 21.7. The number of carboxylic acid groups (broad SMARTS) is 1. The zero-order valence-corrected chi connectivity index (χ0v) is 47.5. The summed E-state index contributed by atoms with van der Waals surface area (Å²) in [6.45, 7) is 8.33. The molecule has 0 aromatic carbocycles. The number of nitrogens with two attached hydrogens (primary N) is 1. The van der Waals surface area contributed by atoms with Crippen molar-refractivity contribution in [1.29, 1.82) is 0 Å². The fraction of sp³-hybridized carbons (Fsp3) is 0.806. The van der Waals surface area contributed by atoms with Crippen LogP contribution in [0.4, 0.5) is 0 Å². The molecule has 22 unspecified atom stereocenters. The third-order valence-electron chi connectivity index (χ3n) is 25.6. The average Bonchev–Trinajstić information content (AvgIpc) is 3.56. The molecule has 80 heavy (non-hydrogen) atoms. The molecule has 4 heterocycles. The molecular weight excluding hydrogens is 1020 g/mol. The quantitative estimate of drug-likeness (QED) is 0.0700. The maximum absolute atomic E-state index is 15.5. The minimum Gasteiger partial charge on any atom is -0.481 e. The predicted molar refractivity (Wildman–Crippen MR) is 293 cm³/mol. The molecule has 10 aliphatic rings. The topological polar surface area (TPSA) is 310 Å². The number of carbonyl (C=O) groups is 2. The highest BCUT2D eigenvalue weighted by molar-refractivity contribution is 5.87. The maximum Gasteiger partial charge on any atom is 0.310 e. The van der Waals surface area contributed by atoms with Crippen molar-refractivity contribution in [3.05, 3.63) is 60.2 Å². The van der Waals surface area contributed by atoms with E-state index in [9.17, 15) is 45.6 Å². The summed E-state index contributed by atoms with van der Waals surface area (Å²) >= 11 is 0. The van der Waals surface area contributed by atoms with Gasteiger partial charge in [-0.15, -0.1) is 0 Å². The van der Waals surface area contributed by atoms with Gasteiger partial charge in [0.15, 0.2) is 6.29 Å². The van der Waals surface area contributed by atoms with Gasteiger partial charge < -0.3 is 71.3 Å². The smallest absolute Gasteiger partial charge is 0.310 e. The van der Waals surface area contributed by atoms with Crippen LogP contribution in [-0.2, 0) is 30.9 Å². The number of amides is 1. The number of aromatic amines is 2. The highest BCUT2D eigenvalue weighted by atomic mass is 16.7. The van der Waals surface area contributed by atoms with Crippen LogP contribution in [0.2, 0.25) is 0 Å². The first-order valence-corrected chi connectivity index (χ1v) is 30.7. The summed E-state index contributed by atoms with van der Waals surface area (Å²) in [4.78, 5) is 45.6. The molecule has 2 saturated heterocycles. The van der Waals surface area contributed by atoms with Crippen LogP contribution in [0.5, 0.6) is 0 Å². The molecule has 1 spiro atoms. The van der Waals surface area contributed by atoms with E-state index >= 15 is 4.79 Å². The van der Waals surface area contributed by atoms with Crippen molar-refractivity contribution in [2.45, 2.75) is 204 Å². The van der Waals surface area contributed by atoms with Crippen LogP contribution in [0.25, 0.3) is 0 Å². The van der Waals surface area contributed by atoms with E-state index < -0.39 is 110 Å². The van der Waals surface area contributed by atoms with Gasteiger partial charge in [0.2, 0.25) is 5.91 Å². The number of imidazole rings is 2. The van der Waals surface area contributed by atoms with E-state index in [-0.39, 0.29) is 67.7 Å². The number of allylic oxidation sites excluding steroid dienone is 3. The average molecular weight is 1110 g/mol. The lowest BCUT2D eigenvalue weighted by atomic mass is 9.27. The van der Waals surface area contributed by atoms with Crippen LogP contribution in [0, 0.1) is 85.2 Å². The molecule has 13 N–H and O–H groups in total. The van der Waals surface area contributed by atoms with Crippen LogP contribution >= 0.6 is 0 Å². The Morgan fingerprint density at radius 2 is 1.60 bits per heavy atom. The molecule has 442 valence electrons. The Kier molecular flexibility index (Phi) is 14.5. The monoisotopic (exact) mass is 1110 g/mol. The predicted octanol–water partition coefficient (Wildman–Crippen LogP) is 5.17. The minimum absolute atomic E-state index is 0.0110. The third-order valence-corrected chi connectivity index (χ3v) is 25.6. The van der Waals surface area contributed by atoms with Crippen molar-refractivity contribution in [3.8, 4) is 0 Å². The number of rotatable bonds is 13. The summed E-state index contributed by atoms with van der Waals surface area (Å²) in [6, 6.07) is -0.513. The van der Waals surface area contributed by atoms with Gasteiger partial charge in [-0.05, 0) is 147 Å². The number of aliphatic hydroxyl groups excluding tert-OH is 7. The zero-order chi connectivity index (χ0) is 56.6. The van der Waals surface area contributed by atoms with Crippen molar-refractivity contribution >= 4 is 11.9 Å². The van der Waals surface area contributed by atoms with E-state index in [1.54, 1.807) is 18.9 Å². The van der Waals surface area contributed by atoms with E-state index in [4.69, 9.17) is 15.2 Å². The van der Waals surface area contributed by atoms with Crippen LogP contribution in [-0.4, -0.2) is 142 Å². The van der Waals surface area contributed by atoms with Gasteiger partial charge >= 0.3 is 5.97 Å². The van der Waals surface area contributed by atoms with Gasteiger partial charge in [0.1, 0.15) is 24.5 Å². The van der Waals surface area contributed by atoms with Crippen molar-refractivity contribution in [3.63, 3.8) is 0 Å². The molecular formula is C62H92N6O12. The van der Waals surface area contributed by atoms with Gasteiger partial charge in [-0.3, -0.25) is 9.59 Å². The first kappa shape index (κ1) is 56.9. The highest BCUT2D eigenvalue weighted by Gasteiger charge is 2.79. The first-order chi connectivity index (χ1) is 38.2. The largest absolute Gasteiger partial charge is 0.481 e. The molecule has 22 atom stereocenters. The number of aliphatic carboxylic acids is 1. The van der Waals surface area contributed by atoms with Crippen LogP contribution in [0.1, 0.15) is 155 Å². The van der Waals surface area contributed by atoms with Crippen molar-refractivity contribution in [2.75, 3.05) is 19.8 Å². The number of ether oxygens (including phenoxy) is 2. The first-order valence-electron chi connectivity index (χ1n) is 30.7. The lowest BCUT2D eigenvalue weighted by Gasteiger charge is -2.77. The summed E-state index contributed by atoms with van der Waals surface area (Å²) in [5.41, 5.74) is 2.80. The zero-order valence-electron chi connectivity index (χ0n) is 47.5. The van der Waals surface area contributed by atoms with Gasteiger partial charge in [-0.1, -0.05) is 83.6 Å². The lowest BCUT2D eigenvalue weighted by molar-refractivity contribution is -0.354. The number of carbonyl (C=O) groups excluding carboxylic acids is 1. The second kappa shape index (κ2) is 20.3. The summed E-state index contributed by atoms with van der Waals surface area (Å²) < 4.78 is 13.1. The molecule has 8 aliphatic carbocycles. The summed E-state index contributed by atoms with van der Waals surface area (Å²) in [7, 11) is 0. The second-order valence-corrected chi connectivity index (χ2v) is 28.7. The molecule has 2 aliphatic heterocycles. The second-order valence-electron chi connectivity index (χ2n) is 28.7. The number of aromatic nitrogens is 4. The Balaban J connectivity index is 1.12. The molecule has 8 fully saturated rings. The van der Waals surface area contributed by atoms with Gasteiger partial charge in [0, 0.05) is 53.7 Å². The lowest BCUT2D eigenvalue weighted by Crippen LogP contribution is -2.76. The molecule has 6 saturated carbocycles. The number of hydrogen-bond acceptors (Lipinski definition) is 14. The standard InChI is InChI=1S/C62H92N6O12/c1-55(30-69)22-23-61(54(77)78)25-35(24-36-27-64-32-66-36)58(4)38(39(61)26-55)12-13-42-57(58,3)19-15-41-56(2,31-70)51(80-52-49(75)47(73)40(71)29-79-52)48(74)45(62(41,42)34-10-6-5-7-11-34)37-14-20-59(21-16-44(63)72,43-28-65-33-67-43)50-46(37)60(53(76)68-50)17-8-9-18-60/h12,14,20,27-28,32-35,37,39-42,44-52,69-75H,5-11,13,15-19,21-26,29-31,63H2,1-4H3,(H,64,66)(H,65,67)(H,68,76)(H,77,78). The number of fused-ring (bicyclic) bond motifs is 9. The molecule has 18 nitrogen and oxygen atoms in total. The number of aliphatic hydroxyl groups is 7. The minimum atomic E-state index is -1.66. The fourth-order valence-corrected chi connectivity index (χ4v) is 21.7. The van der Waals surface area contributed by atoms with E-state index in [0.717, 1.165) is 56.3 Å². The molecule has 12 rings (SSSR count). The van der Waals surface area contributed by atoms with Gasteiger partial charge in [-0.2, -0.15) is 0 Å². The Bertz CT molecular complexity index is 2660. The Hall–Kier alpha value is -3.56. The normalized spacial score (nSPS) is 48.2. The molecule has 2 aromatic rings. The van der Waals surface area contributed by atoms with Gasteiger partial charge in [-0.25, -0.2) is 9.97 Å². The van der Waals surface area contributed by atoms with E-state index in [1.165, 1.54) is 5.57 Å². The van der Waals surface area contributed by atoms with Gasteiger partial charge in [0.05, 0.1) is 54.3 Å². The molecule has 2 aromatic heterocycles. The van der Waals surface area contributed by atoms with Crippen molar-refractivity contribution < 1.29 is 59.9 Å². The number of H-pyrrole nitrogens is 2. The van der Waals surface area contributed by atoms with E-state index in [0.29, 0.717) is 70.6 Å². The SMILES string of the molecule is CC1(CO)CCC2(C(=O)O)CC(Cc3cnc[nH]3)C3(C)C(=CCC4C5(C6CCCCC6)C(C6C=CC(CCC(N)O)(c7cnc[nH]7)C7NC(=O)C8(CCCC8)C67)C(O)C(OC6OCC(O)C(O)C6O)C(C)(CO)C5CCC43C)C2C1. The summed E-state index contributed by atoms with van der Waals surface area (Å²) in [5, 5.41) is 97.7. The number of nitrogens with one attached hydrogen (secondary N) is 3. The highest BCUT2D eigenvalue weighted by Crippen LogP contribution is 2.81. The summed E-state index contributed by atoms with van der Waals surface area (Å²) in [5.74, 6) is -3.19. The molecule has 1 amide bonds. The summed E-state index contributed by atoms with van der Waals surface area (Å²) in [6.07, 6.45) is 17.3. The number of hydrogen-bond donors (Lipinski definition) is 12. The van der Waals surface area contributed by atoms with E-state index in [2.05, 4.69) is 64.3 Å². The number of nitrogens with zero attached hydrogens (tertiary/aromatic N) is 2. The molecule has 18 heteroatoms. The van der Waals surface area contributed by atoms with Crippen LogP contribution in [0.3, 0.4) is 0 Å². The number of carboxylic acids is 1. The maximum atomic E-state index is 15.5. The molecule has 0 radical (unpaired) electrons. The van der Waals surface area contributed by atoms with Crippen LogP contribution < -0.4 is 11.1 Å². The molecule has 0 bridgehead atoms. The Morgan fingerprint density at radius 3 is 2.26 bits per heavy atom. The van der Waals surface area contributed by atoms with Gasteiger partial charge in [0.25, 0.3) is 0 Å². The third kappa shape index (κ3) is 7.90. The van der Waals surface area contributed by atoms with Crippen LogP contribution in [0.15, 0.2) is 48.8 Å². The Morgan fingerprint density at radius 1 is 0.863 bits per heavy atom. The van der Waals surface area contributed by atoms with Crippen molar-refractivity contribution in [1.82, 2.24) is 25.3 Å². The Labute approximate surface area is 470 Å². The van der Waals surface area contributed by atoms with Crippen molar-refractivity contribution in [2.24, 2.45) is 91.0 Å².